The molecule has 25 heavy (non-hydrogen) atoms. The first-order valence-electron chi connectivity index (χ1n) is 8.28. The molecule has 7 heteroatoms. The van der Waals surface area contributed by atoms with Crippen molar-refractivity contribution in [2.45, 2.75) is 26.7 Å². The number of hydrogen-bond acceptors (Lipinski definition) is 3. The van der Waals surface area contributed by atoms with Gasteiger partial charge in [-0.05, 0) is 62.5 Å². The molecule has 2 N–H and O–H groups in total. The molecule has 0 saturated carbocycles. The van der Waals surface area contributed by atoms with Gasteiger partial charge in [-0.1, -0.05) is 6.92 Å². The van der Waals surface area contributed by atoms with E-state index in [2.05, 4.69) is 22.7 Å². The maximum Gasteiger partial charge on any atom is 0.254 e. The number of rotatable bonds is 4. The normalized spacial score (nSPS) is 16.1. The predicted molar refractivity (Wildman–Crippen MR) is 98.1 cm³/mol. The zero-order valence-electron chi connectivity index (χ0n) is 14.5. The number of amides is 1. The van der Waals surface area contributed by atoms with Crippen LogP contribution in [-0.2, 0) is 0 Å². The molecule has 0 unspecified atom stereocenters. The fraction of sp³-hybridized carbons (Fsp3) is 0.444. The Kier molecular flexibility index (Phi) is 6.19. The average Bonchev–Trinajstić information content (AvgIpc) is 2.96. The van der Waals surface area contributed by atoms with Crippen molar-refractivity contribution in [3.8, 4) is 5.69 Å². The standard InChI is InChI=1S/C18H23FN4O.ClH/c1-13-16(11-22-23(13)15-5-3-14(19)4-6-15)17(24)21-12-18(2)7-9-20-10-8-18;/h3-6,11,20H,7-10,12H2,1-2H3,(H,21,24);1H. The first-order valence-corrected chi connectivity index (χ1v) is 8.28. The molecule has 136 valence electrons. The van der Waals surface area contributed by atoms with Crippen LogP contribution in [0.25, 0.3) is 5.69 Å². The van der Waals surface area contributed by atoms with Crippen LogP contribution < -0.4 is 10.6 Å². The van der Waals surface area contributed by atoms with Gasteiger partial charge < -0.3 is 10.6 Å². The Hall–Kier alpha value is -1.92. The fourth-order valence-corrected chi connectivity index (χ4v) is 3.07. The Bertz CT molecular complexity index is 723. The summed E-state index contributed by atoms with van der Waals surface area (Å²) in [5, 5.41) is 10.7. The van der Waals surface area contributed by atoms with Gasteiger partial charge >= 0.3 is 0 Å². The molecule has 1 saturated heterocycles. The lowest BCUT2D eigenvalue weighted by Gasteiger charge is -2.34. The lowest BCUT2D eigenvalue weighted by Crippen LogP contribution is -2.43. The van der Waals surface area contributed by atoms with Crippen molar-refractivity contribution >= 4 is 18.3 Å². The van der Waals surface area contributed by atoms with Gasteiger partial charge in [0, 0.05) is 6.54 Å². The van der Waals surface area contributed by atoms with Crippen LogP contribution in [0, 0.1) is 18.2 Å². The number of halogens is 2. The van der Waals surface area contributed by atoms with E-state index >= 15 is 0 Å². The monoisotopic (exact) mass is 366 g/mol. The summed E-state index contributed by atoms with van der Waals surface area (Å²) in [7, 11) is 0. The molecule has 1 aromatic carbocycles. The van der Waals surface area contributed by atoms with Crippen LogP contribution in [0.3, 0.4) is 0 Å². The van der Waals surface area contributed by atoms with Crippen LogP contribution in [0.4, 0.5) is 4.39 Å². The number of hydrogen-bond donors (Lipinski definition) is 2. The number of nitrogens with one attached hydrogen (secondary N) is 2. The van der Waals surface area contributed by atoms with Gasteiger partial charge in [0.05, 0.1) is 23.1 Å². The molecule has 1 aliphatic heterocycles. The minimum atomic E-state index is -0.295. The fourth-order valence-electron chi connectivity index (χ4n) is 3.07. The highest BCUT2D eigenvalue weighted by Gasteiger charge is 2.27. The summed E-state index contributed by atoms with van der Waals surface area (Å²) in [6.45, 7) is 6.71. The van der Waals surface area contributed by atoms with E-state index in [1.165, 1.54) is 12.1 Å². The zero-order chi connectivity index (χ0) is 17.2. The maximum atomic E-state index is 13.1. The molecule has 0 radical (unpaired) electrons. The van der Waals surface area contributed by atoms with Crippen molar-refractivity contribution in [2.24, 2.45) is 5.41 Å². The van der Waals surface area contributed by atoms with Gasteiger partial charge in [-0.15, -0.1) is 12.4 Å². The predicted octanol–water partition coefficient (Wildman–Crippen LogP) is 2.86. The molecule has 1 fully saturated rings. The molecule has 0 atom stereocenters. The van der Waals surface area contributed by atoms with Crippen molar-refractivity contribution < 1.29 is 9.18 Å². The third kappa shape index (κ3) is 4.38. The highest BCUT2D eigenvalue weighted by atomic mass is 35.5. The Morgan fingerprint density at radius 3 is 2.60 bits per heavy atom. The van der Waals surface area contributed by atoms with Crippen molar-refractivity contribution in [3.63, 3.8) is 0 Å². The molecular formula is C18H24ClFN4O. The van der Waals surface area contributed by atoms with Gasteiger partial charge in [0.15, 0.2) is 0 Å². The number of carbonyl (C=O) groups is 1. The van der Waals surface area contributed by atoms with Gasteiger partial charge in [-0.3, -0.25) is 4.79 Å². The van der Waals surface area contributed by atoms with E-state index in [0.717, 1.165) is 37.3 Å². The van der Waals surface area contributed by atoms with Gasteiger partial charge in [-0.25, -0.2) is 9.07 Å². The minimum Gasteiger partial charge on any atom is -0.351 e. The number of carbonyl (C=O) groups excluding carboxylic acids is 1. The van der Waals surface area contributed by atoms with E-state index in [0.29, 0.717) is 12.1 Å². The molecule has 1 aliphatic rings. The molecule has 0 aliphatic carbocycles. The van der Waals surface area contributed by atoms with Gasteiger partial charge in [0.1, 0.15) is 5.82 Å². The molecule has 0 bridgehead atoms. The molecule has 5 nitrogen and oxygen atoms in total. The van der Waals surface area contributed by atoms with E-state index < -0.39 is 0 Å². The van der Waals surface area contributed by atoms with Crippen molar-refractivity contribution in [3.05, 3.63) is 47.5 Å². The van der Waals surface area contributed by atoms with E-state index in [1.54, 1.807) is 23.0 Å². The van der Waals surface area contributed by atoms with E-state index in [9.17, 15) is 9.18 Å². The molecule has 0 spiro atoms. The summed E-state index contributed by atoms with van der Waals surface area (Å²) in [6.07, 6.45) is 3.68. The lowest BCUT2D eigenvalue weighted by molar-refractivity contribution is 0.0921. The van der Waals surface area contributed by atoms with Crippen LogP contribution >= 0.6 is 12.4 Å². The van der Waals surface area contributed by atoms with E-state index in [1.807, 2.05) is 6.92 Å². The Morgan fingerprint density at radius 1 is 1.32 bits per heavy atom. The quantitative estimate of drug-likeness (QED) is 0.874. The summed E-state index contributed by atoms with van der Waals surface area (Å²) in [5.41, 5.74) is 2.17. The summed E-state index contributed by atoms with van der Waals surface area (Å²) >= 11 is 0. The topological polar surface area (TPSA) is 59.0 Å². The largest absolute Gasteiger partial charge is 0.351 e. The first kappa shape index (κ1) is 19.4. The van der Waals surface area contributed by atoms with Gasteiger partial charge in [-0.2, -0.15) is 5.10 Å². The first-order chi connectivity index (χ1) is 11.5. The SMILES string of the molecule is Cc1c(C(=O)NCC2(C)CCNCC2)cnn1-c1ccc(F)cc1.Cl. The Labute approximate surface area is 153 Å². The van der Waals surface area contributed by atoms with Crippen molar-refractivity contribution in [2.75, 3.05) is 19.6 Å². The molecule has 1 amide bonds. The van der Waals surface area contributed by atoms with Crippen LogP contribution in [-0.4, -0.2) is 35.3 Å². The molecule has 2 aromatic rings. The Morgan fingerprint density at radius 2 is 1.96 bits per heavy atom. The van der Waals surface area contributed by atoms with Crippen LogP contribution in [0.5, 0.6) is 0 Å². The number of benzene rings is 1. The van der Waals surface area contributed by atoms with Crippen molar-refractivity contribution in [1.29, 1.82) is 0 Å². The third-order valence-corrected chi connectivity index (χ3v) is 4.81. The number of nitrogens with zero attached hydrogens (tertiary/aromatic N) is 2. The second kappa shape index (κ2) is 7.97. The van der Waals surface area contributed by atoms with E-state index in [4.69, 9.17) is 0 Å². The van der Waals surface area contributed by atoms with Gasteiger partial charge in [0.2, 0.25) is 0 Å². The summed E-state index contributed by atoms with van der Waals surface area (Å²) in [4.78, 5) is 12.5. The molecule has 2 heterocycles. The maximum absolute atomic E-state index is 13.1. The second-order valence-corrected chi connectivity index (χ2v) is 6.78. The minimum absolute atomic E-state index is 0. The third-order valence-electron chi connectivity index (χ3n) is 4.81. The zero-order valence-corrected chi connectivity index (χ0v) is 15.3. The molecule has 1 aromatic heterocycles. The van der Waals surface area contributed by atoms with Crippen molar-refractivity contribution in [1.82, 2.24) is 20.4 Å². The van der Waals surface area contributed by atoms with Crippen LogP contribution in [0.1, 0.15) is 35.8 Å². The molecule has 3 rings (SSSR count). The van der Waals surface area contributed by atoms with E-state index in [-0.39, 0.29) is 29.5 Å². The van der Waals surface area contributed by atoms with Crippen LogP contribution in [0.15, 0.2) is 30.5 Å². The summed E-state index contributed by atoms with van der Waals surface area (Å²) in [6, 6.07) is 6.06. The number of piperidine rings is 1. The smallest absolute Gasteiger partial charge is 0.254 e. The van der Waals surface area contributed by atoms with Gasteiger partial charge in [0.25, 0.3) is 5.91 Å². The van der Waals surface area contributed by atoms with Crippen LogP contribution in [0.2, 0.25) is 0 Å². The summed E-state index contributed by atoms with van der Waals surface area (Å²) < 4.78 is 14.7. The highest BCUT2D eigenvalue weighted by molar-refractivity contribution is 5.95. The molecular weight excluding hydrogens is 343 g/mol. The highest BCUT2D eigenvalue weighted by Crippen LogP contribution is 2.27. The lowest BCUT2D eigenvalue weighted by atomic mass is 9.81. The Balaban J connectivity index is 0.00000225. The number of aromatic nitrogens is 2. The average molecular weight is 367 g/mol. The summed E-state index contributed by atoms with van der Waals surface area (Å²) in [5.74, 6) is -0.405. The second-order valence-electron chi connectivity index (χ2n) is 6.78.